The molecule has 4 nitrogen and oxygen atoms in total. The fraction of sp³-hybridized carbons (Fsp3) is 0.238. The van der Waals surface area contributed by atoms with E-state index in [0.717, 1.165) is 30.2 Å². The predicted molar refractivity (Wildman–Crippen MR) is 117 cm³/mol. The minimum Gasteiger partial charge on any atom is -0.489 e. The average molecular weight is 449 g/mol. The molecule has 0 unspecified atom stereocenters. The molecule has 0 atom stereocenters. The lowest BCUT2D eigenvalue weighted by molar-refractivity contribution is 0.0767. The van der Waals surface area contributed by atoms with Gasteiger partial charge in [0.25, 0.3) is 5.91 Å². The van der Waals surface area contributed by atoms with Crippen molar-refractivity contribution in [2.24, 2.45) is 0 Å². The van der Waals surface area contributed by atoms with Crippen molar-refractivity contribution < 1.29 is 13.9 Å². The number of amides is 1. The fourth-order valence-corrected chi connectivity index (χ4v) is 5.01. The van der Waals surface area contributed by atoms with Crippen molar-refractivity contribution in [2.75, 3.05) is 24.6 Å². The van der Waals surface area contributed by atoms with Crippen LogP contribution >= 0.6 is 34.7 Å². The Balaban J connectivity index is 1.46. The van der Waals surface area contributed by atoms with Gasteiger partial charge in [-0.15, -0.1) is 11.3 Å². The van der Waals surface area contributed by atoms with E-state index in [1.807, 2.05) is 22.7 Å². The molecule has 4 rings (SSSR count). The molecule has 0 bridgehead atoms. The Kier molecular flexibility index (Phi) is 6.37. The Hall–Kier alpha value is -2.09. The van der Waals surface area contributed by atoms with Crippen LogP contribution in [0.15, 0.2) is 47.8 Å². The first kappa shape index (κ1) is 20.2. The number of thioether (sulfide) groups is 1. The van der Waals surface area contributed by atoms with E-state index in [4.69, 9.17) is 16.3 Å². The normalized spacial score (nSPS) is 14.1. The summed E-state index contributed by atoms with van der Waals surface area (Å²) in [6.07, 6.45) is 0. The van der Waals surface area contributed by atoms with Crippen LogP contribution in [0, 0.1) is 5.82 Å². The first-order chi connectivity index (χ1) is 14.1. The lowest BCUT2D eigenvalue weighted by atomic mass is 10.2. The van der Waals surface area contributed by atoms with Gasteiger partial charge in [0.1, 0.15) is 28.9 Å². The number of ether oxygens (including phenoxy) is 1. The van der Waals surface area contributed by atoms with Crippen molar-refractivity contribution in [3.63, 3.8) is 0 Å². The zero-order chi connectivity index (χ0) is 20.2. The zero-order valence-electron chi connectivity index (χ0n) is 15.4. The number of benzene rings is 2. The number of hydrogen-bond acceptors (Lipinski definition) is 5. The summed E-state index contributed by atoms with van der Waals surface area (Å²) in [6, 6.07) is 11.8. The second-order valence-corrected chi connectivity index (χ2v) is 8.95. The van der Waals surface area contributed by atoms with Crippen LogP contribution in [0.1, 0.15) is 16.1 Å². The summed E-state index contributed by atoms with van der Waals surface area (Å²) >= 11 is 9.68. The molecule has 1 aromatic heterocycles. The standard InChI is InChI=1S/C21H18ClFN2O2S2/c22-17-11-15(27-12-14-3-1-2-4-18(14)23)5-6-16(17)20-24-19(13-29-20)21(26)25-7-9-28-10-8-25/h1-6,11,13H,7-10,12H2. The van der Waals surface area contributed by atoms with E-state index in [2.05, 4.69) is 4.98 Å². The number of hydrogen-bond donors (Lipinski definition) is 0. The van der Waals surface area contributed by atoms with E-state index in [1.54, 1.807) is 35.7 Å². The summed E-state index contributed by atoms with van der Waals surface area (Å²) in [4.78, 5) is 18.9. The van der Waals surface area contributed by atoms with Gasteiger partial charge in [-0.2, -0.15) is 11.8 Å². The molecule has 1 aliphatic heterocycles. The highest BCUT2D eigenvalue weighted by Gasteiger charge is 2.21. The molecular formula is C21H18ClFN2O2S2. The van der Waals surface area contributed by atoms with E-state index in [1.165, 1.54) is 17.4 Å². The lowest BCUT2D eigenvalue weighted by Crippen LogP contribution is -2.38. The molecule has 1 amide bonds. The number of rotatable bonds is 5. The van der Waals surface area contributed by atoms with Crippen LogP contribution < -0.4 is 4.74 Å². The highest BCUT2D eigenvalue weighted by molar-refractivity contribution is 7.99. The van der Waals surface area contributed by atoms with Gasteiger partial charge in [0.15, 0.2) is 0 Å². The summed E-state index contributed by atoms with van der Waals surface area (Å²) in [7, 11) is 0. The van der Waals surface area contributed by atoms with Crippen LogP contribution in [0.4, 0.5) is 4.39 Å². The third kappa shape index (κ3) is 4.74. The van der Waals surface area contributed by atoms with Crippen LogP contribution in [0.5, 0.6) is 5.75 Å². The molecule has 8 heteroatoms. The van der Waals surface area contributed by atoms with Gasteiger partial charge in [0.05, 0.1) is 5.02 Å². The number of thiazole rings is 1. The maximum absolute atomic E-state index is 13.7. The molecule has 1 fully saturated rings. The number of carbonyl (C=O) groups is 1. The summed E-state index contributed by atoms with van der Waals surface area (Å²) in [5, 5.41) is 2.93. The number of carbonyl (C=O) groups excluding carboxylic acids is 1. The zero-order valence-corrected chi connectivity index (χ0v) is 17.8. The first-order valence-corrected chi connectivity index (χ1v) is 11.5. The van der Waals surface area contributed by atoms with Gasteiger partial charge >= 0.3 is 0 Å². The van der Waals surface area contributed by atoms with Gasteiger partial charge in [0, 0.05) is 41.1 Å². The SMILES string of the molecule is O=C(c1csc(-c2ccc(OCc3ccccc3F)cc2Cl)n1)N1CCSCC1. The predicted octanol–water partition coefficient (Wildman–Crippen LogP) is 5.37. The van der Waals surface area contributed by atoms with Gasteiger partial charge in [-0.3, -0.25) is 4.79 Å². The molecule has 150 valence electrons. The monoisotopic (exact) mass is 448 g/mol. The molecule has 0 saturated carbocycles. The molecule has 0 spiro atoms. The van der Waals surface area contributed by atoms with Gasteiger partial charge in [-0.25, -0.2) is 9.37 Å². The highest BCUT2D eigenvalue weighted by Crippen LogP contribution is 2.33. The summed E-state index contributed by atoms with van der Waals surface area (Å²) in [5.74, 6) is 2.13. The first-order valence-electron chi connectivity index (χ1n) is 9.10. The smallest absolute Gasteiger partial charge is 0.273 e. The minimum atomic E-state index is -0.303. The minimum absolute atomic E-state index is 0.0336. The molecule has 1 saturated heterocycles. The van der Waals surface area contributed by atoms with Crippen LogP contribution in [0.2, 0.25) is 5.02 Å². The largest absolute Gasteiger partial charge is 0.489 e. The van der Waals surface area contributed by atoms with E-state index in [0.29, 0.717) is 27.0 Å². The molecule has 0 aliphatic carbocycles. The average Bonchev–Trinajstić information content (AvgIpc) is 3.23. The van der Waals surface area contributed by atoms with Crippen molar-refractivity contribution in [3.8, 4) is 16.3 Å². The molecule has 2 aromatic carbocycles. The molecule has 2 heterocycles. The van der Waals surface area contributed by atoms with Crippen molar-refractivity contribution >= 4 is 40.6 Å². The van der Waals surface area contributed by atoms with Crippen LogP contribution in [0.25, 0.3) is 10.6 Å². The third-order valence-corrected chi connectivity index (χ3v) is 6.68. The van der Waals surface area contributed by atoms with Crippen molar-refractivity contribution in [2.45, 2.75) is 6.61 Å². The third-order valence-electron chi connectivity index (χ3n) is 4.54. The van der Waals surface area contributed by atoms with Gasteiger partial charge < -0.3 is 9.64 Å². The maximum Gasteiger partial charge on any atom is 0.273 e. The van der Waals surface area contributed by atoms with Crippen molar-refractivity contribution in [1.82, 2.24) is 9.88 Å². The molecule has 0 radical (unpaired) electrons. The summed E-state index contributed by atoms with van der Waals surface area (Å²) < 4.78 is 19.4. The molecule has 3 aromatic rings. The van der Waals surface area contributed by atoms with E-state index < -0.39 is 0 Å². The topological polar surface area (TPSA) is 42.4 Å². The van der Waals surface area contributed by atoms with Gasteiger partial charge in [-0.05, 0) is 24.3 Å². The Morgan fingerprint density at radius 2 is 2.00 bits per heavy atom. The van der Waals surface area contributed by atoms with Crippen molar-refractivity contribution in [1.29, 1.82) is 0 Å². The number of aromatic nitrogens is 1. The molecule has 0 N–H and O–H groups in total. The number of halogens is 2. The Labute approximate surface area is 181 Å². The highest BCUT2D eigenvalue weighted by atomic mass is 35.5. The second kappa shape index (κ2) is 9.15. The second-order valence-electron chi connectivity index (χ2n) is 6.46. The van der Waals surface area contributed by atoms with Gasteiger partial charge in [-0.1, -0.05) is 29.8 Å². The molecule has 1 aliphatic rings. The van der Waals surface area contributed by atoms with Gasteiger partial charge in [0.2, 0.25) is 0 Å². The summed E-state index contributed by atoms with van der Waals surface area (Å²) in [6.45, 7) is 1.63. The quantitative estimate of drug-likeness (QED) is 0.526. The Bertz CT molecular complexity index is 1020. The number of nitrogens with zero attached hydrogens (tertiary/aromatic N) is 2. The Morgan fingerprint density at radius 3 is 2.76 bits per heavy atom. The van der Waals surface area contributed by atoms with Crippen LogP contribution in [-0.4, -0.2) is 40.4 Å². The molecular weight excluding hydrogens is 431 g/mol. The maximum atomic E-state index is 13.7. The molecule has 29 heavy (non-hydrogen) atoms. The van der Waals surface area contributed by atoms with E-state index >= 15 is 0 Å². The van der Waals surface area contributed by atoms with Crippen molar-refractivity contribution in [3.05, 3.63) is 69.9 Å². The fourth-order valence-electron chi connectivity index (χ4n) is 2.96. The van der Waals surface area contributed by atoms with Crippen LogP contribution in [-0.2, 0) is 6.61 Å². The van der Waals surface area contributed by atoms with Crippen LogP contribution in [0.3, 0.4) is 0 Å². The van der Waals surface area contributed by atoms with E-state index in [9.17, 15) is 9.18 Å². The Morgan fingerprint density at radius 1 is 1.21 bits per heavy atom. The van der Waals surface area contributed by atoms with E-state index in [-0.39, 0.29) is 18.3 Å². The lowest BCUT2D eigenvalue weighted by Gasteiger charge is -2.25. The summed E-state index contributed by atoms with van der Waals surface area (Å²) in [5.41, 5.74) is 1.67.